The molecule has 0 spiro atoms. The van der Waals surface area contributed by atoms with Crippen molar-refractivity contribution in [1.29, 1.82) is 0 Å². The molecule has 2 rings (SSSR count). The van der Waals surface area contributed by atoms with Crippen molar-refractivity contribution in [3.05, 3.63) is 58.1 Å². The maximum atomic E-state index is 12.4. The van der Waals surface area contributed by atoms with Crippen molar-refractivity contribution in [2.24, 2.45) is 0 Å². The largest absolute Gasteiger partial charge is 0.871 e. The minimum absolute atomic E-state index is 0.0135. The van der Waals surface area contributed by atoms with E-state index < -0.39 is 20.7 Å². The predicted molar refractivity (Wildman–Crippen MR) is 88.5 cm³/mol. The van der Waals surface area contributed by atoms with Crippen molar-refractivity contribution in [1.82, 2.24) is 0 Å². The van der Waals surface area contributed by atoms with Crippen molar-refractivity contribution in [2.45, 2.75) is 31.1 Å². The van der Waals surface area contributed by atoms with Gasteiger partial charge in [0.1, 0.15) is 0 Å². The van der Waals surface area contributed by atoms with Crippen LogP contribution in [0.3, 0.4) is 0 Å². The van der Waals surface area contributed by atoms with Gasteiger partial charge in [0.2, 0.25) is 0 Å². The number of nitrogens with one attached hydrogen (secondary N) is 1. The fourth-order valence-corrected chi connectivity index (χ4v) is 3.19. The van der Waals surface area contributed by atoms with Crippen LogP contribution in [0.2, 0.25) is 0 Å². The summed E-state index contributed by atoms with van der Waals surface area (Å²) >= 11 is 0. The van der Waals surface area contributed by atoms with E-state index in [1.807, 2.05) is 13.8 Å². The summed E-state index contributed by atoms with van der Waals surface area (Å²) in [5.41, 5.74) is 0.297. The van der Waals surface area contributed by atoms with Crippen molar-refractivity contribution >= 4 is 21.4 Å². The Labute approximate surface area is 140 Å². The summed E-state index contributed by atoms with van der Waals surface area (Å²) in [7, 11) is -4.00. The fourth-order valence-electron chi connectivity index (χ4n) is 2.13. The molecule has 128 valence electrons. The minimum Gasteiger partial charge on any atom is -0.871 e. The number of hydrogen-bond donors (Lipinski definition) is 1. The van der Waals surface area contributed by atoms with Crippen LogP contribution in [0, 0.1) is 10.1 Å². The van der Waals surface area contributed by atoms with Crippen molar-refractivity contribution in [3.8, 4) is 5.75 Å². The Morgan fingerprint density at radius 3 is 2.33 bits per heavy atom. The van der Waals surface area contributed by atoms with Gasteiger partial charge in [-0.2, -0.15) is 0 Å². The van der Waals surface area contributed by atoms with E-state index in [4.69, 9.17) is 0 Å². The molecule has 1 atom stereocenters. The highest BCUT2D eigenvalue weighted by molar-refractivity contribution is 7.92. The Morgan fingerprint density at radius 2 is 1.79 bits per heavy atom. The van der Waals surface area contributed by atoms with E-state index in [2.05, 4.69) is 4.72 Å². The number of non-ortho nitro benzene ring substituents is 1. The van der Waals surface area contributed by atoms with Gasteiger partial charge in [-0.25, -0.2) is 8.42 Å². The minimum atomic E-state index is -4.00. The van der Waals surface area contributed by atoms with Crippen LogP contribution in [0.15, 0.2) is 47.4 Å². The molecule has 24 heavy (non-hydrogen) atoms. The summed E-state index contributed by atoms with van der Waals surface area (Å²) in [5.74, 6) is -0.333. The van der Waals surface area contributed by atoms with Gasteiger partial charge in [-0.15, -0.1) is 0 Å². The standard InChI is InChI=1S/C16H18N2O5S/c1-3-11(2)12-4-7-14(8-5-12)24(22,23)17-15-10-13(18(20)21)6-9-16(15)19/h4-11,17,19H,3H2,1-2H3/p-1/t11-/m0/s1. The van der Waals surface area contributed by atoms with Crippen LogP contribution < -0.4 is 9.83 Å². The van der Waals surface area contributed by atoms with E-state index in [1.54, 1.807) is 12.1 Å². The van der Waals surface area contributed by atoms with Crippen LogP contribution in [-0.2, 0) is 10.0 Å². The van der Waals surface area contributed by atoms with Gasteiger partial charge >= 0.3 is 0 Å². The molecule has 0 saturated heterocycles. The van der Waals surface area contributed by atoms with E-state index in [9.17, 15) is 23.6 Å². The SMILES string of the molecule is CC[C@H](C)c1ccc(S(=O)(=O)Nc2cc([N+](=O)[O-])ccc2[O-])cc1. The third kappa shape index (κ3) is 3.83. The molecular weight excluding hydrogens is 332 g/mol. The molecule has 0 amide bonds. The van der Waals surface area contributed by atoms with Crippen molar-refractivity contribution < 1.29 is 18.4 Å². The van der Waals surface area contributed by atoms with Gasteiger partial charge in [0, 0.05) is 17.8 Å². The predicted octanol–water partition coefficient (Wildman–Crippen LogP) is 2.98. The van der Waals surface area contributed by atoms with Crippen LogP contribution in [0.5, 0.6) is 5.75 Å². The fraction of sp³-hybridized carbons (Fsp3) is 0.250. The molecule has 7 nitrogen and oxygen atoms in total. The van der Waals surface area contributed by atoms with Gasteiger partial charge in [-0.1, -0.05) is 37.8 Å². The van der Waals surface area contributed by atoms with Crippen molar-refractivity contribution in [2.75, 3.05) is 4.72 Å². The molecule has 0 bridgehead atoms. The molecule has 0 aromatic heterocycles. The second-order valence-corrected chi connectivity index (χ2v) is 7.10. The first kappa shape index (κ1) is 17.7. The first-order chi connectivity index (χ1) is 11.2. The first-order valence-corrected chi connectivity index (χ1v) is 8.81. The quantitative estimate of drug-likeness (QED) is 0.636. The molecule has 0 aliphatic carbocycles. The summed E-state index contributed by atoms with van der Waals surface area (Å²) < 4.78 is 26.8. The molecule has 0 saturated carbocycles. The number of anilines is 1. The maximum Gasteiger partial charge on any atom is 0.271 e. The number of hydrogen-bond acceptors (Lipinski definition) is 5. The second kappa shape index (κ2) is 6.88. The van der Waals surface area contributed by atoms with Gasteiger partial charge < -0.3 is 5.11 Å². The zero-order valence-corrected chi connectivity index (χ0v) is 14.0. The van der Waals surface area contributed by atoms with Gasteiger partial charge in [0.05, 0.1) is 9.82 Å². The van der Waals surface area contributed by atoms with Crippen LogP contribution in [0.1, 0.15) is 31.7 Å². The van der Waals surface area contributed by atoms with E-state index in [1.165, 1.54) is 12.1 Å². The molecule has 0 radical (unpaired) electrons. The normalized spacial score (nSPS) is 12.6. The molecule has 0 aliphatic heterocycles. The van der Waals surface area contributed by atoms with Crippen LogP contribution in [0.25, 0.3) is 0 Å². The van der Waals surface area contributed by atoms with Crippen LogP contribution >= 0.6 is 0 Å². The highest BCUT2D eigenvalue weighted by Crippen LogP contribution is 2.28. The Morgan fingerprint density at radius 1 is 1.17 bits per heavy atom. The average Bonchev–Trinajstić information content (AvgIpc) is 2.55. The van der Waals surface area contributed by atoms with Crippen molar-refractivity contribution in [3.63, 3.8) is 0 Å². The monoisotopic (exact) mass is 349 g/mol. The number of benzene rings is 2. The van der Waals surface area contributed by atoms with Gasteiger partial charge in [0.15, 0.2) is 0 Å². The number of nitro benzene ring substituents is 1. The molecule has 0 aliphatic rings. The smallest absolute Gasteiger partial charge is 0.271 e. The maximum absolute atomic E-state index is 12.4. The van der Waals surface area contributed by atoms with E-state index in [0.717, 1.165) is 30.2 Å². The van der Waals surface area contributed by atoms with Crippen LogP contribution in [0.4, 0.5) is 11.4 Å². The van der Waals surface area contributed by atoms with Gasteiger partial charge in [-0.3, -0.25) is 14.8 Å². The van der Waals surface area contributed by atoms with E-state index in [0.29, 0.717) is 5.92 Å². The highest BCUT2D eigenvalue weighted by Gasteiger charge is 2.17. The van der Waals surface area contributed by atoms with Gasteiger partial charge in [0.25, 0.3) is 15.7 Å². The Hall–Kier alpha value is -2.61. The molecule has 0 heterocycles. The zero-order chi connectivity index (χ0) is 17.9. The summed E-state index contributed by atoms with van der Waals surface area (Å²) in [6.07, 6.45) is 0.928. The Kier molecular flexibility index (Phi) is 5.08. The number of rotatable bonds is 6. The lowest BCUT2D eigenvalue weighted by Gasteiger charge is -2.16. The van der Waals surface area contributed by atoms with E-state index in [-0.39, 0.29) is 16.3 Å². The summed E-state index contributed by atoms with van der Waals surface area (Å²) in [5, 5.41) is 22.5. The van der Waals surface area contributed by atoms with Gasteiger partial charge in [-0.05, 0) is 30.0 Å². The highest BCUT2D eigenvalue weighted by atomic mass is 32.2. The lowest BCUT2D eigenvalue weighted by molar-refractivity contribution is -0.385. The lowest BCUT2D eigenvalue weighted by Crippen LogP contribution is -2.14. The third-order valence-corrected chi connectivity index (χ3v) is 5.17. The molecule has 1 N–H and O–H groups in total. The average molecular weight is 349 g/mol. The number of nitro groups is 1. The third-order valence-electron chi connectivity index (χ3n) is 3.79. The molecule has 8 heteroatoms. The first-order valence-electron chi connectivity index (χ1n) is 7.33. The zero-order valence-electron chi connectivity index (χ0n) is 13.2. The molecular formula is C16H17N2O5S-. The molecule has 2 aromatic rings. The van der Waals surface area contributed by atoms with Crippen LogP contribution in [-0.4, -0.2) is 13.3 Å². The number of sulfonamides is 1. The lowest BCUT2D eigenvalue weighted by atomic mass is 9.99. The summed E-state index contributed by atoms with van der Waals surface area (Å²) in [6, 6.07) is 9.23. The number of nitrogens with zero attached hydrogens (tertiary/aromatic N) is 1. The summed E-state index contributed by atoms with van der Waals surface area (Å²) in [6.45, 7) is 4.07. The second-order valence-electron chi connectivity index (χ2n) is 5.42. The molecule has 2 aromatic carbocycles. The topological polar surface area (TPSA) is 112 Å². The molecule has 0 unspecified atom stereocenters. The summed E-state index contributed by atoms with van der Waals surface area (Å²) in [4.78, 5) is 10.0. The van der Waals surface area contributed by atoms with E-state index >= 15 is 0 Å². The Bertz CT molecular complexity index is 847. The molecule has 0 fully saturated rings. The Balaban J connectivity index is 2.32.